The van der Waals surface area contributed by atoms with Gasteiger partial charge in [-0.1, -0.05) is 91.6 Å². The SMILES string of the molecule is CC[C@H](C)[C@@H]([C@@H](CC(=O)N1C[C@@H](F)C[C@H]1[C@H](OC)[C@@H](C)C(=O)NC(Cc1ccccc1)C(=O)O)OC)N(C)C(=O)C(NC(=O)C(C(C)C)N(C)C(=O)CCCCCN1C(=O)C=CC1=O)C(C)C. The maximum absolute atomic E-state index is 15.3. The molecule has 1 aromatic carbocycles. The lowest BCUT2D eigenvalue weighted by molar-refractivity contribution is -0.149. The highest BCUT2D eigenvalue weighted by Crippen LogP contribution is 2.31. The molecule has 3 N–H and O–H groups in total. The predicted octanol–water partition coefficient (Wildman–Crippen LogP) is 3.78. The number of alkyl halides is 1. The van der Waals surface area contributed by atoms with E-state index in [-0.39, 0.29) is 68.3 Å². The van der Waals surface area contributed by atoms with Crippen LogP contribution in [0.4, 0.5) is 4.39 Å². The van der Waals surface area contributed by atoms with Gasteiger partial charge in [0, 0.05) is 66.3 Å². The summed E-state index contributed by atoms with van der Waals surface area (Å²) >= 11 is 0. The van der Waals surface area contributed by atoms with Crippen molar-refractivity contribution in [2.24, 2.45) is 23.7 Å². The minimum atomic E-state index is -1.43. The van der Waals surface area contributed by atoms with E-state index in [0.29, 0.717) is 31.2 Å². The van der Waals surface area contributed by atoms with E-state index in [1.165, 1.54) is 41.1 Å². The Morgan fingerprint density at radius 3 is 2.01 bits per heavy atom. The number of imide groups is 1. The van der Waals surface area contributed by atoms with Crippen molar-refractivity contribution in [2.45, 2.75) is 148 Å². The van der Waals surface area contributed by atoms with Gasteiger partial charge in [0.05, 0.1) is 43.2 Å². The number of aliphatic carboxylic acids is 1. The number of nitrogens with one attached hydrogen (secondary N) is 2. The Balaban J connectivity index is 1.74. The minimum absolute atomic E-state index is 0.0397. The summed E-state index contributed by atoms with van der Waals surface area (Å²) in [5.74, 6) is -6.15. The van der Waals surface area contributed by atoms with Crippen molar-refractivity contribution in [3.63, 3.8) is 0 Å². The minimum Gasteiger partial charge on any atom is -0.480 e. The lowest BCUT2D eigenvalue weighted by Crippen LogP contribution is -2.60. The van der Waals surface area contributed by atoms with Gasteiger partial charge in [-0.05, 0) is 36.2 Å². The number of carboxylic acid groups (broad SMARTS) is 1. The van der Waals surface area contributed by atoms with Crippen LogP contribution in [0.5, 0.6) is 0 Å². The first-order valence-corrected chi connectivity index (χ1v) is 23.5. The van der Waals surface area contributed by atoms with Gasteiger partial charge in [0.2, 0.25) is 29.5 Å². The van der Waals surface area contributed by atoms with Crippen LogP contribution in [-0.2, 0) is 54.3 Å². The molecule has 7 amide bonds. The number of methoxy groups -OCH3 is 2. The Morgan fingerprint density at radius 2 is 1.48 bits per heavy atom. The van der Waals surface area contributed by atoms with Crippen molar-refractivity contribution in [3.8, 4) is 0 Å². The smallest absolute Gasteiger partial charge is 0.326 e. The highest BCUT2D eigenvalue weighted by molar-refractivity contribution is 6.12. The van der Waals surface area contributed by atoms with E-state index in [1.54, 1.807) is 65.2 Å². The summed E-state index contributed by atoms with van der Waals surface area (Å²) < 4.78 is 27.1. The first kappa shape index (κ1) is 56.1. The summed E-state index contributed by atoms with van der Waals surface area (Å²) in [5, 5.41) is 15.4. The van der Waals surface area contributed by atoms with Crippen LogP contribution in [0.3, 0.4) is 0 Å². The number of halogens is 1. The molecule has 1 aromatic rings. The third-order valence-electron chi connectivity index (χ3n) is 13.3. The van der Waals surface area contributed by atoms with Crippen LogP contribution in [0.15, 0.2) is 42.5 Å². The van der Waals surface area contributed by atoms with Gasteiger partial charge in [0.15, 0.2) is 0 Å². The number of hydrogen-bond acceptors (Lipinski definition) is 10. The van der Waals surface area contributed by atoms with E-state index in [1.807, 2.05) is 27.7 Å². The Kier molecular flexibility index (Phi) is 22.1. The van der Waals surface area contributed by atoms with Crippen molar-refractivity contribution in [1.29, 1.82) is 0 Å². The fourth-order valence-electron chi connectivity index (χ4n) is 9.23. The number of carboxylic acids is 1. The van der Waals surface area contributed by atoms with Crippen LogP contribution in [-0.4, -0.2) is 162 Å². The van der Waals surface area contributed by atoms with E-state index < -0.39 is 90.0 Å². The topological polar surface area (TPSA) is 212 Å². The standard InChI is InChI=1S/C49H75FN6O11/c1-12-31(6)44(54(9)48(63)42(29(2)3)52-47(62)43(30(4)5)53(8)38(57)21-17-14-18-24-55-39(58)22-23-40(55)59)37(66-10)27-41(60)56-28-34(50)26-36(56)45(67-11)32(7)46(61)51-35(49(64)65)25-33-19-15-13-16-20-33/h13,15-16,19-20,22-23,29-32,34-37,42-45H,12,14,17-18,21,24-28H2,1-11H3,(H,51,61)(H,52,62)(H,64,65)/t31-,32+,34-,35?,36-,37+,42?,43?,44-,45+/m0/s1. The second-order valence-electron chi connectivity index (χ2n) is 18.7. The zero-order valence-electron chi connectivity index (χ0n) is 41.2. The molecule has 0 aliphatic carbocycles. The van der Waals surface area contributed by atoms with Crippen LogP contribution in [0.25, 0.3) is 0 Å². The van der Waals surface area contributed by atoms with Crippen molar-refractivity contribution in [2.75, 3.05) is 41.4 Å². The van der Waals surface area contributed by atoms with Crippen LogP contribution >= 0.6 is 0 Å². The van der Waals surface area contributed by atoms with Crippen molar-refractivity contribution in [1.82, 2.24) is 30.2 Å². The van der Waals surface area contributed by atoms with Crippen LogP contribution in [0.1, 0.15) is 99.0 Å². The molecule has 0 aromatic heterocycles. The van der Waals surface area contributed by atoms with Gasteiger partial charge in [0.25, 0.3) is 11.8 Å². The average Bonchev–Trinajstić information content (AvgIpc) is 3.83. The number of rotatable bonds is 27. The first-order valence-electron chi connectivity index (χ1n) is 23.5. The monoisotopic (exact) mass is 943 g/mol. The van der Waals surface area contributed by atoms with E-state index in [0.717, 1.165) is 4.90 Å². The largest absolute Gasteiger partial charge is 0.480 e. The zero-order chi connectivity index (χ0) is 50.3. The summed E-state index contributed by atoms with van der Waals surface area (Å²) in [6.07, 6.45) is 1.16. The van der Waals surface area contributed by atoms with Gasteiger partial charge >= 0.3 is 5.97 Å². The maximum atomic E-state index is 15.3. The van der Waals surface area contributed by atoms with E-state index in [4.69, 9.17) is 9.47 Å². The van der Waals surface area contributed by atoms with Gasteiger partial charge in [-0.25, -0.2) is 9.18 Å². The molecule has 2 aliphatic rings. The lowest BCUT2D eigenvalue weighted by Gasteiger charge is -2.41. The molecule has 1 fully saturated rings. The number of likely N-dealkylation sites (N-methyl/N-ethyl adjacent to an activating group) is 2. The molecule has 2 aliphatic heterocycles. The highest BCUT2D eigenvalue weighted by Gasteiger charge is 2.46. The number of benzene rings is 1. The summed E-state index contributed by atoms with van der Waals surface area (Å²) in [7, 11) is 5.94. The van der Waals surface area contributed by atoms with Crippen molar-refractivity contribution in [3.05, 3.63) is 48.0 Å². The van der Waals surface area contributed by atoms with E-state index in [9.17, 15) is 43.5 Å². The third-order valence-corrected chi connectivity index (χ3v) is 13.3. The molecule has 0 spiro atoms. The first-order chi connectivity index (χ1) is 31.6. The molecule has 0 bridgehead atoms. The Bertz CT molecular complexity index is 1880. The number of nitrogens with zero attached hydrogens (tertiary/aromatic N) is 4. The fraction of sp³-hybridized carbons (Fsp3) is 0.673. The number of amides is 7. The Hall–Kier alpha value is -5.23. The van der Waals surface area contributed by atoms with Crippen LogP contribution < -0.4 is 10.6 Å². The molecule has 1 saturated heterocycles. The summed E-state index contributed by atoms with van der Waals surface area (Å²) in [5.41, 5.74) is 0.712. The Labute approximate surface area is 395 Å². The van der Waals surface area contributed by atoms with Gasteiger partial charge in [-0.3, -0.25) is 38.5 Å². The molecule has 10 atom stereocenters. The zero-order valence-corrected chi connectivity index (χ0v) is 41.2. The second kappa shape index (κ2) is 26.3. The van der Waals surface area contributed by atoms with Gasteiger partial charge in [-0.2, -0.15) is 0 Å². The average molecular weight is 943 g/mol. The fourth-order valence-corrected chi connectivity index (χ4v) is 9.23. The van der Waals surface area contributed by atoms with Crippen LogP contribution in [0, 0.1) is 23.7 Å². The quantitative estimate of drug-likeness (QED) is 0.0854. The normalized spacial score (nSPS) is 19.7. The highest BCUT2D eigenvalue weighted by atomic mass is 19.1. The molecule has 374 valence electrons. The maximum Gasteiger partial charge on any atom is 0.326 e. The number of carbonyl (C=O) groups is 8. The van der Waals surface area contributed by atoms with Crippen molar-refractivity contribution < 1.29 is 57.3 Å². The number of unbranched alkanes of at least 4 members (excludes halogenated alkanes) is 2. The molecule has 0 radical (unpaired) electrons. The van der Waals surface area contributed by atoms with Gasteiger partial charge in [0.1, 0.15) is 24.3 Å². The third kappa shape index (κ3) is 15.1. The summed E-state index contributed by atoms with van der Waals surface area (Å²) in [6, 6.07) is 4.12. The summed E-state index contributed by atoms with van der Waals surface area (Å²) in [6.45, 7) is 12.6. The number of carbonyl (C=O) groups excluding carboxylic acids is 7. The molecule has 18 heteroatoms. The molecule has 3 unspecified atom stereocenters. The predicted molar refractivity (Wildman–Crippen MR) is 249 cm³/mol. The molecule has 3 rings (SSSR count). The van der Waals surface area contributed by atoms with Crippen molar-refractivity contribution >= 4 is 47.3 Å². The molecule has 67 heavy (non-hydrogen) atoms. The molecule has 0 saturated carbocycles. The molecule has 17 nitrogen and oxygen atoms in total. The Morgan fingerprint density at radius 1 is 0.851 bits per heavy atom. The summed E-state index contributed by atoms with van der Waals surface area (Å²) in [4.78, 5) is 111. The van der Waals surface area contributed by atoms with E-state index in [2.05, 4.69) is 10.6 Å². The molecule has 2 heterocycles. The lowest BCUT2D eigenvalue weighted by atomic mass is 9.89. The van der Waals surface area contributed by atoms with Gasteiger partial charge < -0.3 is 39.9 Å². The van der Waals surface area contributed by atoms with Gasteiger partial charge in [-0.15, -0.1) is 0 Å². The van der Waals surface area contributed by atoms with Crippen LogP contribution in [0.2, 0.25) is 0 Å². The number of likely N-dealkylation sites (tertiary alicyclic amines) is 1. The molecular formula is C49H75FN6O11. The number of hydrogen-bond donors (Lipinski definition) is 3. The second-order valence-corrected chi connectivity index (χ2v) is 18.7. The number of ether oxygens (including phenoxy) is 2. The molecular weight excluding hydrogens is 868 g/mol. The van der Waals surface area contributed by atoms with E-state index >= 15 is 4.39 Å².